The van der Waals surface area contributed by atoms with Gasteiger partial charge in [0, 0.05) is 22.3 Å². The molecule has 0 spiro atoms. The normalized spacial score (nSPS) is 13.3. The molecule has 1 aromatic heterocycles. The van der Waals surface area contributed by atoms with Gasteiger partial charge in [0.2, 0.25) is 0 Å². The van der Waals surface area contributed by atoms with Gasteiger partial charge < -0.3 is 4.57 Å². The van der Waals surface area contributed by atoms with Crippen LogP contribution in [-0.2, 0) is 11.0 Å². The summed E-state index contributed by atoms with van der Waals surface area (Å²) in [6, 6.07) is 0. The van der Waals surface area contributed by atoms with Crippen molar-refractivity contribution in [2.75, 3.05) is 0 Å². The van der Waals surface area contributed by atoms with Crippen LogP contribution in [0.25, 0.3) is 0 Å². The van der Waals surface area contributed by atoms with Crippen molar-refractivity contribution in [3.8, 4) is 0 Å². The van der Waals surface area contributed by atoms with Gasteiger partial charge in [-0.25, -0.2) is 0 Å². The predicted octanol–water partition coefficient (Wildman–Crippen LogP) is 4.47. The fraction of sp³-hybridized carbons (Fsp3) is 0.733. The van der Waals surface area contributed by atoms with Gasteiger partial charge in [0.1, 0.15) is 0 Å². The van der Waals surface area contributed by atoms with E-state index in [1.807, 2.05) is 0 Å². The van der Waals surface area contributed by atoms with Crippen LogP contribution in [0.4, 0.5) is 0 Å². The first-order valence-corrected chi connectivity index (χ1v) is 6.17. The smallest absolute Gasteiger partial charge is 0.0361 e. The highest BCUT2D eigenvalue weighted by molar-refractivity contribution is 5.40. The Morgan fingerprint density at radius 1 is 0.750 bits per heavy atom. The molecule has 92 valence electrons. The zero-order valence-corrected chi connectivity index (χ0v) is 12.4. The fourth-order valence-electron chi connectivity index (χ4n) is 2.69. The van der Waals surface area contributed by atoms with Gasteiger partial charge in [-0.05, 0) is 52.7 Å². The lowest BCUT2D eigenvalue weighted by atomic mass is 9.88. The van der Waals surface area contributed by atoms with Crippen LogP contribution in [0.2, 0.25) is 0 Å². The molecule has 16 heavy (non-hydrogen) atoms. The van der Waals surface area contributed by atoms with Crippen molar-refractivity contribution in [1.82, 2.24) is 4.57 Å². The Hall–Kier alpha value is -0.720. The third-order valence-electron chi connectivity index (χ3n) is 3.40. The van der Waals surface area contributed by atoms with Crippen molar-refractivity contribution in [3.05, 3.63) is 22.5 Å². The second-order valence-electron chi connectivity index (χ2n) is 6.94. The average Bonchev–Trinajstić information content (AvgIpc) is 2.27. The number of nitrogens with zero attached hydrogens (tertiary/aromatic N) is 1. The van der Waals surface area contributed by atoms with Gasteiger partial charge >= 0.3 is 0 Å². The number of rotatable bonds is 0. The minimum absolute atomic E-state index is 0.158. The summed E-state index contributed by atoms with van der Waals surface area (Å²) in [5, 5.41) is 0. The number of hydrogen-bond acceptors (Lipinski definition) is 0. The van der Waals surface area contributed by atoms with E-state index in [2.05, 4.69) is 66.9 Å². The van der Waals surface area contributed by atoms with E-state index in [1.54, 1.807) is 0 Å². The highest BCUT2D eigenvalue weighted by Gasteiger charge is 2.29. The summed E-state index contributed by atoms with van der Waals surface area (Å²) >= 11 is 0. The van der Waals surface area contributed by atoms with Crippen LogP contribution in [-0.4, -0.2) is 4.57 Å². The van der Waals surface area contributed by atoms with Gasteiger partial charge in [0.05, 0.1) is 0 Å². The number of aromatic nitrogens is 1. The molecule has 1 nitrogen and oxygen atoms in total. The monoisotopic (exact) mass is 221 g/mol. The maximum atomic E-state index is 2.51. The molecule has 0 atom stereocenters. The Morgan fingerprint density at radius 3 is 1.44 bits per heavy atom. The molecule has 0 saturated carbocycles. The van der Waals surface area contributed by atoms with E-state index in [1.165, 1.54) is 22.5 Å². The first-order chi connectivity index (χ1) is 6.98. The van der Waals surface area contributed by atoms with Crippen LogP contribution in [0, 0.1) is 20.8 Å². The van der Waals surface area contributed by atoms with Crippen LogP contribution in [0.1, 0.15) is 64.1 Å². The van der Waals surface area contributed by atoms with Crippen molar-refractivity contribution < 1.29 is 0 Å². The van der Waals surface area contributed by atoms with Gasteiger partial charge in [-0.1, -0.05) is 20.8 Å². The summed E-state index contributed by atoms with van der Waals surface area (Å²) in [6.45, 7) is 20.5. The third kappa shape index (κ3) is 2.05. The lowest BCUT2D eigenvalue weighted by Gasteiger charge is -2.32. The summed E-state index contributed by atoms with van der Waals surface area (Å²) in [4.78, 5) is 0. The zero-order valence-electron chi connectivity index (χ0n) is 12.4. The van der Waals surface area contributed by atoms with Crippen LogP contribution in [0.5, 0.6) is 0 Å². The lowest BCUT2D eigenvalue weighted by molar-refractivity contribution is 0.353. The molecular weight excluding hydrogens is 194 g/mol. The summed E-state index contributed by atoms with van der Waals surface area (Å²) < 4.78 is 2.51. The Bertz CT molecular complexity index is 357. The first-order valence-electron chi connectivity index (χ1n) is 6.17. The predicted molar refractivity (Wildman–Crippen MR) is 72.3 cm³/mol. The summed E-state index contributed by atoms with van der Waals surface area (Å²) in [6.07, 6.45) is 0. The molecule has 0 aliphatic carbocycles. The quantitative estimate of drug-likeness (QED) is 0.609. The SMILES string of the molecule is Cc1c(C)c(C(C)(C)C)n(C(C)(C)C)c1C. The molecule has 0 radical (unpaired) electrons. The van der Waals surface area contributed by atoms with E-state index in [4.69, 9.17) is 0 Å². The highest BCUT2D eigenvalue weighted by atomic mass is 15.1. The minimum Gasteiger partial charge on any atom is -0.343 e. The molecular formula is C15H27N. The molecule has 1 rings (SSSR count). The van der Waals surface area contributed by atoms with Crippen molar-refractivity contribution in [2.24, 2.45) is 0 Å². The highest BCUT2D eigenvalue weighted by Crippen LogP contribution is 2.35. The zero-order chi connectivity index (χ0) is 12.9. The second-order valence-corrected chi connectivity index (χ2v) is 6.94. The van der Waals surface area contributed by atoms with E-state index < -0.39 is 0 Å². The Kier molecular flexibility index (Phi) is 3.04. The standard InChI is InChI=1S/C15H27N/c1-10-11(2)13(14(4,5)6)16(12(10)3)15(7,8)9/h1-9H3. The molecule has 0 fully saturated rings. The lowest BCUT2D eigenvalue weighted by Crippen LogP contribution is -2.30. The molecule has 0 N–H and O–H groups in total. The Balaban J connectivity index is 3.66. The molecule has 0 amide bonds. The van der Waals surface area contributed by atoms with Crippen molar-refractivity contribution in [1.29, 1.82) is 0 Å². The van der Waals surface area contributed by atoms with Crippen LogP contribution >= 0.6 is 0 Å². The van der Waals surface area contributed by atoms with Crippen LogP contribution < -0.4 is 0 Å². The Morgan fingerprint density at radius 2 is 1.19 bits per heavy atom. The van der Waals surface area contributed by atoms with Crippen LogP contribution in [0.3, 0.4) is 0 Å². The second kappa shape index (κ2) is 3.65. The van der Waals surface area contributed by atoms with Gasteiger partial charge in [-0.15, -0.1) is 0 Å². The summed E-state index contributed by atoms with van der Waals surface area (Å²) in [5.74, 6) is 0. The summed E-state index contributed by atoms with van der Waals surface area (Å²) in [7, 11) is 0. The maximum Gasteiger partial charge on any atom is 0.0361 e. The first kappa shape index (κ1) is 13.3. The third-order valence-corrected chi connectivity index (χ3v) is 3.40. The molecule has 1 heteroatoms. The van der Waals surface area contributed by atoms with E-state index in [9.17, 15) is 0 Å². The van der Waals surface area contributed by atoms with Crippen molar-refractivity contribution in [2.45, 2.75) is 73.3 Å². The molecule has 0 saturated heterocycles. The maximum absolute atomic E-state index is 2.51. The molecule has 0 bridgehead atoms. The van der Waals surface area contributed by atoms with E-state index >= 15 is 0 Å². The van der Waals surface area contributed by atoms with Crippen LogP contribution in [0.15, 0.2) is 0 Å². The largest absolute Gasteiger partial charge is 0.343 e. The number of hydrogen-bond donors (Lipinski definition) is 0. The van der Waals surface area contributed by atoms with Crippen molar-refractivity contribution in [3.63, 3.8) is 0 Å². The topological polar surface area (TPSA) is 4.93 Å². The van der Waals surface area contributed by atoms with Gasteiger partial charge in [0.25, 0.3) is 0 Å². The molecule has 0 aliphatic rings. The van der Waals surface area contributed by atoms with Gasteiger partial charge in [-0.2, -0.15) is 0 Å². The molecule has 0 aliphatic heterocycles. The van der Waals surface area contributed by atoms with Gasteiger partial charge in [-0.3, -0.25) is 0 Å². The molecule has 0 aromatic carbocycles. The Labute approximate surface area is 101 Å². The van der Waals surface area contributed by atoms with E-state index in [0.717, 1.165) is 0 Å². The molecule has 0 unspecified atom stereocenters. The van der Waals surface area contributed by atoms with Gasteiger partial charge in [0.15, 0.2) is 0 Å². The molecule has 1 heterocycles. The average molecular weight is 221 g/mol. The minimum atomic E-state index is 0.158. The van der Waals surface area contributed by atoms with E-state index in [-0.39, 0.29) is 11.0 Å². The molecule has 1 aromatic rings. The summed E-state index contributed by atoms with van der Waals surface area (Å²) in [5.41, 5.74) is 6.16. The van der Waals surface area contributed by atoms with Crippen molar-refractivity contribution >= 4 is 0 Å². The van der Waals surface area contributed by atoms with E-state index in [0.29, 0.717) is 0 Å². The fourth-order valence-corrected chi connectivity index (χ4v) is 2.69.